The molecule has 2 rings (SSSR count). The largest absolute Gasteiger partial charge is 0.490 e. The highest BCUT2D eigenvalue weighted by Crippen LogP contribution is 2.33. The Hall–Kier alpha value is -1.40. The lowest BCUT2D eigenvalue weighted by Crippen LogP contribution is -2.43. The van der Waals surface area contributed by atoms with E-state index in [1.54, 1.807) is 0 Å². The molecule has 0 spiro atoms. The molecule has 0 saturated carbocycles. The number of hydrogen-bond acceptors (Lipinski definition) is 4. The van der Waals surface area contributed by atoms with E-state index in [2.05, 4.69) is 5.32 Å². The number of nitrogens with one attached hydrogen (secondary N) is 1. The highest BCUT2D eigenvalue weighted by Gasteiger charge is 2.31. The van der Waals surface area contributed by atoms with Crippen molar-refractivity contribution >= 4 is 0 Å². The Morgan fingerprint density at radius 2 is 2.10 bits per heavy atom. The van der Waals surface area contributed by atoms with Gasteiger partial charge in [-0.2, -0.15) is 0 Å². The molecule has 0 aromatic heterocycles. The molecule has 20 heavy (non-hydrogen) atoms. The van der Waals surface area contributed by atoms with Crippen LogP contribution in [0.5, 0.6) is 11.5 Å². The molecule has 1 aliphatic rings. The minimum absolute atomic E-state index is 0.199. The summed E-state index contributed by atoms with van der Waals surface area (Å²) in [4.78, 5) is 0. The van der Waals surface area contributed by atoms with Crippen molar-refractivity contribution in [3.8, 4) is 11.5 Å². The van der Waals surface area contributed by atoms with E-state index in [1.165, 1.54) is 0 Å². The van der Waals surface area contributed by atoms with E-state index in [-0.39, 0.29) is 6.54 Å². The number of alkyl halides is 2. The van der Waals surface area contributed by atoms with Crippen LogP contribution in [0.1, 0.15) is 18.9 Å². The zero-order valence-corrected chi connectivity index (χ0v) is 11.4. The van der Waals surface area contributed by atoms with E-state index in [0.717, 1.165) is 18.9 Å². The first kappa shape index (κ1) is 15.0. The normalized spacial score (nSPS) is 17.6. The predicted molar refractivity (Wildman–Crippen MR) is 70.4 cm³/mol. The molecule has 0 saturated heterocycles. The average molecular weight is 287 g/mol. The lowest BCUT2D eigenvalue weighted by atomic mass is 10.1. The summed E-state index contributed by atoms with van der Waals surface area (Å²) in [6, 6.07) is 5.49. The van der Waals surface area contributed by atoms with E-state index in [9.17, 15) is 13.9 Å². The van der Waals surface area contributed by atoms with Gasteiger partial charge in [-0.05, 0) is 13.0 Å². The fourth-order valence-corrected chi connectivity index (χ4v) is 1.92. The first-order chi connectivity index (χ1) is 9.50. The number of fused-ring (bicyclic) bond motifs is 1. The van der Waals surface area contributed by atoms with Gasteiger partial charge in [0.15, 0.2) is 11.5 Å². The Kier molecular flexibility index (Phi) is 4.77. The summed E-state index contributed by atoms with van der Waals surface area (Å²) in [5, 5.41) is 12.3. The summed E-state index contributed by atoms with van der Waals surface area (Å²) < 4.78 is 36.2. The SMILES string of the molecule is CC(O)(CNCc1cccc2c1OCCCO2)C(F)F. The molecule has 1 atom stereocenters. The number of benzene rings is 1. The molecular weight excluding hydrogens is 268 g/mol. The number of para-hydroxylation sites is 1. The van der Waals surface area contributed by atoms with Crippen molar-refractivity contribution in [3.63, 3.8) is 0 Å². The number of ether oxygens (including phenoxy) is 2. The zero-order chi connectivity index (χ0) is 14.6. The lowest BCUT2D eigenvalue weighted by Gasteiger charge is -2.23. The van der Waals surface area contributed by atoms with Gasteiger partial charge in [0.05, 0.1) is 13.2 Å². The van der Waals surface area contributed by atoms with Gasteiger partial charge < -0.3 is 19.9 Å². The summed E-state index contributed by atoms with van der Waals surface area (Å²) in [6.07, 6.45) is -1.98. The number of aliphatic hydroxyl groups is 1. The standard InChI is InChI=1S/C14H19F2NO3/c1-14(18,13(15)16)9-17-8-10-4-2-5-11-12(10)20-7-3-6-19-11/h2,4-5,13,17-18H,3,6-9H2,1H3. The lowest BCUT2D eigenvalue weighted by molar-refractivity contribution is -0.0809. The van der Waals surface area contributed by atoms with Crippen molar-refractivity contribution in [2.75, 3.05) is 19.8 Å². The molecule has 0 bridgehead atoms. The maximum atomic E-state index is 12.5. The molecule has 0 aliphatic carbocycles. The third-order valence-electron chi connectivity index (χ3n) is 3.12. The van der Waals surface area contributed by atoms with Gasteiger partial charge >= 0.3 is 0 Å². The molecule has 1 aromatic carbocycles. The molecule has 1 aliphatic heterocycles. The number of hydrogen-bond donors (Lipinski definition) is 2. The van der Waals surface area contributed by atoms with Gasteiger partial charge in [0.2, 0.25) is 0 Å². The van der Waals surface area contributed by atoms with Gasteiger partial charge in [0.25, 0.3) is 6.43 Å². The third-order valence-corrected chi connectivity index (χ3v) is 3.12. The molecule has 0 amide bonds. The van der Waals surface area contributed by atoms with Gasteiger partial charge in [-0.15, -0.1) is 0 Å². The maximum absolute atomic E-state index is 12.5. The van der Waals surface area contributed by atoms with Crippen LogP contribution < -0.4 is 14.8 Å². The highest BCUT2D eigenvalue weighted by atomic mass is 19.3. The van der Waals surface area contributed by atoms with Crippen molar-refractivity contribution in [1.29, 1.82) is 0 Å². The number of rotatable bonds is 5. The molecule has 2 N–H and O–H groups in total. The van der Waals surface area contributed by atoms with Crippen LogP contribution in [0.15, 0.2) is 18.2 Å². The van der Waals surface area contributed by atoms with Crippen LogP contribution in [-0.2, 0) is 6.54 Å². The summed E-state index contributed by atoms with van der Waals surface area (Å²) in [6.45, 7) is 2.41. The van der Waals surface area contributed by atoms with Gasteiger partial charge in [0.1, 0.15) is 5.60 Å². The van der Waals surface area contributed by atoms with Crippen LogP contribution in [0.4, 0.5) is 8.78 Å². The summed E-state index contributed by atoms with van der Waals surface area (Å²) in [5.41, 5.74) is -1.21. The minimum Gasteiger partial charge on any atom is -0.490 e. The molecule has 1 heterocycles. The van der Waals surface area contributed by atoms with E-state index in [0.29, 0.717) is 31.3 Å². The molecule has 1 unspecified atom stereocenters. The Bertz CT molecular complexity index is 452. The van der Waals surface area contributed by atoms with Crippen LogP contribution in [0.2, 0.25) is 0 Å². The van der Waals surface area contributed by atoms with Gasteiger partial charge in [-0.1, -0.05) is 12.1 Å². The van der Waals surface area contributed by atoms with Gasteiger partial charge in [-0.3, -0.25) is 0 Å². The first-order valence-corrected chi connectivity index (χ1v) is 6.59. The monoisotopic (exact) mass is 287 g/mol. The second kappa shape index (κ2) is 6.37. The van der Waals surface area contributed by atoms with E-state index in [1.807, 2.05) is 18.2 Å². The highest BCUT2D eigenvalue weighted by molar-refractivity contribution is 5.47. The van der Waals surface area contributed by atoms with E-state index >= 15 is 0 Å². The molecule has 112 valence electrons. The predicted octanol–water partition coefficient (Wildman–Crippen LogP) is 1.95. The van der Waals surface area contributed by atoms with Crippen LogP contribution in [0.3, 0.4) is 0 Å². The topological polar surface area (TPSA) is 50.7 Å². The minimum atomic E-state index is -2.79. The molecule has 6 heteroatoms. The summed E-state index contributed by atoms with van der Waals surface area (Å²) in [7, 11) is 0. The second-order valence-corrected chi connectivity index (χ2v) is 5.06. The fourth-order valence-electron chi connectivity index (χ4n) is 1.92. The van der Waals surface area contributed by atoms with Gasteiger partial charge in [-0.25, -0.2) is 8.78 Å². The Morgan fingerprint density at radius 3 is 2.85 bits per heavy atom. The molecular formula is C14H19F2NO3. The Morgan fingerprint density at radius 1 is 1.35 bits per heavy atom. The van der Waals surface area contributed by atoms with Crippen molar-refractivity contribution < 1.29 is 23.4 Å². The Balaban J connectivity index is 2.00. The van der Waals surface area contributed by atoms with Gasteiger partial charge in [0, 0.05) is 25.1 Å². The Labute approximate surface area is 116 Å². The molecule has 4 nitrogen and oxygen atoms in total. The molecule has 0 fully saturated rings. The third kappa shape index (κ3) is 3.58. The quantitative estimate of drug-likeness (QED) is 0.869. The van der Waals surface area contributed by atoms with Crippen LogP contribution >= 0.6 is 0 Å². The average Bonchev–Trinajstić information content (AvgIpc) is 2.64. The zero-order valence-electron chi connectivity index (χ0n) is 11.4. The maximum Gasteiger partial charge on any atom is 0.267 e. The number of halogens is 2. The summed E-state index contributed by atoms with van der Waals surface area (Å²) in [5.74, 6) is 1.32. The van der Waals surface area contributed by atoms with Crippen molar-refractivity contribution in [1.82, 2.24) is 5.32 Å². The van der Waals surface area contributed by atoms with Crippen LogP contribution in [0, 0.1) is 0 Å². The summed E-state index contributed by atoms with van der Waals surface area (Å²) >= 11 is 0. The van der Waals surface area contributed by atoms with E-state index in [4.69, 9.17) is 9.47 Å². The van der Waals surface area contributed by atoms with Crippen LogP contribution in [-0.4, -0.2) is 36.9 Å². The first-order valence-electron chi connectivity index (χ1n) is 6.59. The second-order valence-electron chi connectivity index (χ2n) is 5.06. The fraction of sp³-hybridized carbons (Fsp3) is 0.571. The van der Waals surface area contributed by atoms with Crippen molar-refractivity contribution in [2.45, 2.75) is 31.9 Å². The smallest absolute Gasteiger partial charge is 0.267 e. The van der Waals surface area contributed by atoms with Crippen molar-refractivity contribution in [2.24, 2.45) is 0 Å². The van der Waals surface area contributed by atoms with Crippen LogP contribution in [0.25, 0.3) is 0 Å². The van der Waals surface area contributed by atoms with Crippen molar-refractivity contribution in [3.05, 3.63) is 23.8 Å². The molecule has 0 radical (unpaired) electrons. The molecule has 1 aromatic rings. The van der Waals surface area contributed by atoms with E-state index < -0.39 is 12.0 Å².